The molecule has 0 bridgehead atoms. The van der Waals surface area contributed by atoms with Gasteiger partial charge in [0.25, 0.3) is 0 Å². The van der Waals surface area contributed by atoms with Crippen molar-refractivity contribution in [1.82, 2.24) is 14.9 Å². The molecule has 114 valence electrons. The molecule has 1 aliphatic rings. The molecule has 0 amide bonds. The highest BCUT2D eigenvalue weighted by atomic mass is 32.1. The lowest BCUT2D eigenvalue weighted by Gasteiger charge is -2.32. The van der Waals surface area contributed by atoms with Crippen LogP contribution in [-0.4, -0.2) is 15.6 Å². The van der Waals surface area contributed by atoms with Crippen LogP contribution in [0, 0.1) is 5.92 Å². The fraction of sp³-hybridized carbons (Fsp3) is 0.588. The standard InChI is InChI=1S/C17H25N3S/c1-3-13-6-4-7-14(12-13)19-16(15-8-5-11-21-15)17-18-9-10-20(17)2/h5,8-11,13-14,16,19H,3-4,6-7,12H2,1-2H3. The number of nitrogens with one attached hydrogen (secondary N) is 1. The Kier molecular flexibility index (Phi) is 4.76. The smallest absolute Gasteiger partial charge is 0.131 e. The van der Waals surface area contributed by atoms with Crippen molar-refractivity contribution in [3.8, 4) is 0 Å². The monoisotopic (exact) mass is 303 g/mol. The van der Waals surface area contributed by atoms with Gasteiger partial charge in [-0.15, -0.1) is 11.3 Å². The summed E-state index contributed by atoms with van der Waals surface area (Å²) < 4.78 is 2.14. The molecule has 0 aliphatic heterocycles. The van der Waals surface area contributed by atoms with Gasteiger partial charge in [0.2, 0.25) is 0 Å². The molecule has 4 heteroatoms. The van der Waals surface area contributed by atoms with Gasteiger partial charge in [-0.2, -0.15) is 0 Å². The first kappa shape index (κ1) is 14.8. The molecular weight excluding hydrogens is 278 g/mol. The summed E-state index contributed by atoms with van der Waals surface area (Å²) in [4.78, 5) is 5.95. The summed E-state index contributed by atoms with van der Waals surface area (Å²) in [5, 5.41) is 6.05. The molecule has 3 nitrogen and oxygen atoms in total. The third-order valence-electron chi connectivity index (χ3n) is 4.71. The Morgan fingerprint density at radius 3 is 3.05 bits per heavy atom. The molecule has 0 spiro atoms. The van der Waals surface area contributed by atoms with Gasteiger partial charge in [0, 0.05) is 30.4 Å². The fourth-order valence-electron chi connectivity index (χ4n) is 3.44. The molecule has 1 saturated carbocycles. The Morgan fingerprint density at radius 1 is 1.48 bits per heavy atom. The van der Waals surface area contributed by atoms with Crippen molar-refractivity contribution in [2.45, 2.75) is 51.1 Å². The first-order chi connectivity index (χ1) is 10.3. The van der Waals surface area contributed by atoms with Gasteiger partial charge in [-0.3, -0.25) is 0 Å². The first-order valence-electron chi connectivity index (χ1n) is 8.04. The first-order valence-corrected chi connectivity index (χ1v) is 8.92. The molecule has 1 aliphatic carbocycles. The number of aryl methyl sites for hydroxylation is 1. The molecule has 2 heterocycles. The highest BCUT2D eigenvalue weighted by Gasteiger charge is 2.26. The predicted molar refractivity (Wildman–Crippen MR) is 88.5 cm³/mol. The second-order valence-corrected chi connectivity index (χ2v) is 7.13. The lowest BCUT2D eigenvalue weighted by atomic mass is 9.84. The van der Waals surface area contributed by atoms with Gasteiger partial charge in [0.15, 0.2) is 0 Å². The lowest BCUT2D eigenvalue weighted by molar-refractivity contribution is 0.267. The summed E-state index contributed by atoms with van der Waals surface area (Å²) in [6.07, 6.45) is 10.6. The Hall–Kier alpha value is -1.13. The van der Waals surface area contributed by atoms with E-state index < -0.39 is 0 Å². The number of hydrogen-bond donors (Lipinski definition) is 1. The highest BCUT2D eigenvalue weighted by Crippen LogP contribution is 2.31. The van der Waals surface area contributed by atoms with Crippen molar-refractivity contribution in [3.63, 3.8) is 0 Å². The van der Waals surface area contributed by atoms with Crippen molar-refractivity contribution in [2.75, 3.05) is 0 Å². The second kappa shape index (κ2) is 6.75. The van der Waals surface area contributed by atoms with Crippen LogP contribution in [-0.2, 0) is 7.05 Å². The molecule has 2 aromatic rings. The molecule has 2 aromatic heterocycles. The van der Waals surface area contributed by atoms with Crippen LogP contribution in [0.1, 0.15) is 55.8 Å². The SMILES string of the molecule is CCC1CCCC(NC(c2cccs2)c2nccn2C)C1. The molecule has 3 rings (SSSR count). The quantitative estimate of drug-likeness (QED) is 0.900. The molecule has 21 heavy (non-hydrogen) atoms. The fourth-order valence-corrected chi connectivity index (χ4v) is 4.22. The number of thiophene rings is 1. The summed E-state index contributed by atoms with van der Waals surface area (Å²) in [5.74, 6) is 2.01. The van der Waals surface area contributed by atoms with E-state index in [1.165, 1.54) is 37.0 Å². The maximum Gasteiger partial charge on any atom is 0.131 e. The average molecular weight is 303 g/mol. The number of rotatable bonds is 5. The summed E-state index contributed by atoms with van der Waals surface area (Å²) in [6, 6.07) is 5.20. The summed E-state index contributed by atoms with van der Waals surface area (Å²) in [7, 11) is 2.08. The van der Waals surface area contributed by atoms with E-state index in [0.29, 0.717) is 6.04 Å². The maximum atomic E-state index is 4.58. The normalized spacial score (nSPS) is 24.1. The van der Waals surface area contributed by atoms with E-state index in [-0.39, 0.29) is 6.04 Å². The third kappa shape index (κ3) is 3.38. The molecule has 3 unspecified atom stereocenters. The molecular formula is C17H25N3S. The van der Waals surface area contributed by atoms with Crippen LogP contribution >= 0.6 is 11.3 Å². The minimum Gasteiger partial charge on any atom is -0.336 e. The van der Waals surface area contributed by atoms with Crippen LogP contribution in [0.25, 0.3) is 0 Å². The van der Waals surface area contributed by atoms with E-state index in [0.717, 1.165) is 11.7 Å². The molecule has 1 N–H and O–H groups in total. The topological polar surface area (TPSA) is 29.9 Å². The zero-order valence-corrected chi connectivity index (χ0v) is 13.8. The van der Waals surface area contributed by atoms with Crippen molar-refractivity contribution < 1.29 is 0 Å². The van der Waals surface area contributed by atoms with Gasteiger partial charge in [0.05, 0.1) is 0 Å². The molecule has 3 atom stereocenters. The Labute approximate surface area is 131 Å². The van der Waals surface area contributed by atoms with Crippen molar-refractivity contribution in [1.29, 1.82) is 0 Å². The van der Waals surface area contributed by atoms with Crippen LogP contribution in [0.4, 0.5) is 0 Å². The number of aromatic nitrogens is 2. The predicted octanol–water partition coefficient (Wildman–Crippen LogP) is 4.13. The largest absolute Gasteiger partial charge is 0.336 e. The van der Waals surface area contributed by atoms with Crippen molar-refractivity contribution >= 4 is 11.3 Å². The van der Waals surface area contributed by atoms with Gasteiger partial charge in [-0.05, 0) is 30.2 Å². The van der Waals surface area contributed by atoms with E-state index in [1.807, 2.05) is 23.7 Å². The van der Waals surface area contributed by atoms with Crippen LogP contribution in [0.15, 0.2) is 29.9 Å². The molecule has 0 radical (unpaired) electrons. The number of nitrogens with zero attached hydrogens (tertiary/aromatic N) is 2. The van der Waals surface area contributed by atoms with Crippen LogP contribution < -0.4 is 5.32 Å². The number of imidazole rings is 1. The highest BCUT2D eigenvalue weighted by molar-refractivity contribution is 7.10. The van der Waals surface area contributed by atoms with E-state index in [1.54, 1.807) is 0 Å². The zero-order chi connectivity index (χ0) is 14.7. The Morgan fingerprint density at radius 2 is 2.38 bits per heavy atom. The van der Waals surface area contributed by atoms with E-state index in [9.17, 15) is 0 Å². The molecule has 0 saturated heterocycles. The van der Waals surface area contributed by atoms with Gasteiger partial charge in [0.1, 0.15) is 11.9 Å². The third-order valence-corrected chi connectivity index (χ3v) is 5.64. The van der Waals surface area contributed by atoms with E-state index in [2.05, 4.69) is 46.4 Å². The number of hydrogen-bond acceptors (Lipinski definition) is 3. The maximum absolute atomic E-state index is 4.58. The minimum atomic E-state index is 0.227. The summed E-state index contributed by atoms with van der Waals surface area (Å²) in [6.45, 7) is 2.32. The van der Waals surface area contributed by atoms with Gasteiger partial charge < -0.3 is 9.88 Å². The van der Waals surface area contributed by atoms with Crippen molar-refractivity contribution in [2.24, 2.45) is 13.0 Å². The average Bonchev–Trinajstić information content (AvgIpc) is 3.17. The zero-order valence-electron chi connectivity index (χ0n) is 13.0. The second-order valence-electron chi connectivity index (χ2n) is 6.15. The summed E-state index contributed by atoms with van der Waals surface area (Å²) >= 11 is 1.82. The summed E-state index contributed by atoms with van der Waals surface area (Å²) in [5.41, 5.74) is 0. The van der Waals surface area contributed by atoms with Gasteiger partial charge in [-0.25, -0.2) is 4.98 Å². The van der Waals surface area contributed by atoms with E-state index in [4.69, 9.17) is 0 Å². The van der Waals surface area contributed by atoms with E-state index >= 15 is 0 Å². The van der Waals surface area contributed by atoms with Gasteiger partial charge in [-0.1, -0.05) is 32.3 Å². The Bertz CT molecular complexity index is 546. The van der Waals surface area contributed by atoms with Crippen LogP contribution in [0.5, 0.6) is 0 Å². The Balaban J connectivity index is 1.79. The minimum absolute atomic E-state index is 0.227. The lowest BCUT2D eigenvalue weighted by Crippen LogP contribution is -2.37. The van der Waals surface area contributed by atoms with Crippen LogP contribution in [0.3, 0.4) is 0 Å². The molecule has 1 fully saturated rings. The van der Waals surface area contributed by atoms with Crippen LogP contribution in [0.2, 0.25) is 0 Å². The van der Waals surface area contributed by atoms with Gasteiger partial charge >= 0.3 is 0 Å². The molecule has 0 aromatic carbocycles. The van der Waals surface area contributed by atoms with Crippen molar-refractivity contribution in [3.05, 3.63) is 40.6 Å².